The van der Waals surface area contributed by atoms with E-state index >= 15 is 0 Å². The minimum Gasteiger partial charge on any atom is -0.384 e. The number of aryl methyl sites for hydroxylation is 1. The van der Waals surface area contributed by atoms with Gasteiger partial charge in [-0.05, 0) is 20.8 Å². The van der Waals surface area contributed by atoms with Gasteiger partial charge in [0.15, 0.2) is 0 Å². The molecule has 0 aliphatic rings. The van der Waals surface area contributed by atoms with Crippen molar-refractivity contribution in [3.05, 3.63) is 24.0 Å². The topological polar surface area (TPSA) is 81.7 Å². The smallest absolute Gasteiger partial charge is 0.148 e. The molecule has 0 saturated heterocycles. The molecule has 0 bridgehead atoms. The van der Waals surface area contributed by atoms with Gasteiger partial charge in [-0.3, -0.25) is 0 Å². The first kappa shape index (κ1) is 11.7. The molecular formula is C10H16N6O. The van der Waals surface area contributed by atoms with Crippen molar-refractivity contribution in [2.75, 3.05) is 0 Å². The average molecular weight is 236 g/mol. The van der Waals surface area contributed by atoms with Crippen LogP contribution in [0.1, 0.15) is 32.3 Å². The van der Waals surface area contributed by atoms with Crippen LogP contribution in [0, 0.1) is 0 Å². The fourth-order valence-corrected chi connectivity index (χ4v) is 1.48. The molecule has 17 heavy (non-hydrogen) atoms. The lowest BCUT2D eigenvalue weighted by atomic mass is 10.1. The van der Waals surface area contributed by atoms with E-state index in [1.54, 1.807) is 29.4 Å². The lowest BCUT2D eigenvalue weighted by molar-refractivity contribution is 0.0737. The van der Waals surface area contributed by atoms with E-state index in [1.807, 2.05) is 6.92 Å². The normalized spacial score (nSPS) is 12.0. The van der Waals surface area contributed by atoms with Crippen LogP contribution in [0.3, 0.4) is 0 Å². The third kappa shape index (κ3) is 2.50. The minimum atomic E-state index is -0.976. The Labute approximate surface area is 99.1 Å². The fourth-order valence-electron chi connectivity index (χ4n) is 1.48. The van der Waals surface area contributed by atoms with Gasteiger partial charge in [0.2, 0.25) is 0 Å². The SMILES string of the molecule is CCn1ncnc1Cn1cc(C(C)(C)O)nn1. The highest BCUT2D eigenvalue weighted by Gasteiger charge is 2.20. The van der Waals surface area contributed by atoms with Gasteiger partial charge in [0, 0.05) is 6.54 Å². The van der Waals surface area contributed by atoms with Crippen molar-refractivity contribution >= 4 is 0 Å². The predicted octanol–water partition coefficient (Wildman–Crippen LogP) is 0.165. The highest BCUT2D eigenvalue weighted by atomic mass is 16.3. The predicted molar refractivity (Wildman–Crippen MR) is 60.1 cm³/mol. The van der Waals surface area contributed by atoms with Crippen LogP contribution < -0.4 is 0 Å². The maximum absolute atomic E-state index is 9.78. The third-order valence-electron chi connectivity index (χ3n) is 2.46. The van der Waals surface area contributed by atoms with Crippen molar-refractivity contribution in [1.29, 1.82) is 0 Å². The standard InChI is InChI=1S/C10H16N6O/c1-4-16-9(11-7-12-16)6-15-5-8(13-14-15)10(2,3)17/h5,7,17H,4,6H2,1-3H3. The number of rotatable bonds is 4. The van der Waals surface area contributed by atoms with Crippen molar-refractivity contribution in [3.63, 3.8) is 0 Å². The monoisotopic (exact) mass is 236 g/mol. The Bertz CT molecular complexity index is 495. The summed E-state index contributed by atoms with van der Waals surface area (Å²) in [7, 11) is 0. The van der Waals surface area contributed by atoms with E-state index in [1.165, 1.54) is 6.33 Å². The molecule has 7 heteroatoms. The summed E-state index contributed by atoms with van der Waals surface area (Å²) in [5, 5.41) is 21.7. The summed E-state index contributed by atoms with van der Waals surface area (Å²) in [6, 6.07) is 0. The van der Waals surface area contributed by atoms with Crippen molar-refractivity contribution in [1.82, 2.24) is 29.8 Å². The molecule has 2 rings (SSSR count). The van der Waals surface area contributed by atoms with E-state index < -0.39 is 5.60 Å². The lowest BCUT2D eigenvalue weighted by Gasteiger charge is -2.11. The fraction of sp³-hybridized carbons (Fsp3) is 0.600. The Hall–Kier alpha value is -1.76. The molecule has 0 aliphatic heterocycles. The zero-order chi connectivity index (χ0) is 12.5. The van der Waals surface area contributed by atoms with Gasteiger partial charge in [-0.15, -0.1) is 5.10 Å². The van der Waals surface area contributed by atoms with Crippen LogP contribution in [-0.4, -0.2) is 34.9 Å². The Morgan fingerprint density at radius 3 is 2.76 bits per heavy atom. The molecule has 1 N–H and O–H groups in total. The number of aromatic nitrogens is 6. The summed E-state index contributed by atoms with van der Waals surface area (Å²) in [5.74, 6) is 0.819. The van der Waals surface area contributed by atoms with Gasteiger partial charge >= 0.3 is 0 Å². The van der Waals surface area contributed by atoms with Crippen molar-refractivity contribution < 1.29 is 5.11 Å². The third-order valence-corrected chi connectivity index (χ3v) is 2.46. The summed E-state index contributed by atoms with van der Waals surface area (Å²) < 4.78 is 3.44. The van der Waals surface area contributed by atoms with Crippen LogP contribution in [0.15, 0.2) is 12.5 Å². The van der Waals surface area contributed by atoms with Crippen LogP contribution in [-0.2, 0) is 18.7 Å². The second-order valence-corrected chi connectivity index (χ2v) is 4.35. The largest absolute Gasteiger partial charge is 0.384 e. The molecule has 2 heterocycles. The Morgan fingerprint density at radius 1 is 1.41 bits per heavy atom. The maximum atomic E-state index is 9.78. The summed E-state index contributed by atoms with van der Waals surface area (Å²) in [6.45, 7) is 6.62. The summed E-state index contributed by atoms with van der Waals surface area (Å²) >= 11 is 0. The van der Waals surface area contributed by atoms with E-state index in [0.29, 0.717) is 12.2 Å². The van der Waals surface area contributed by atoms with Gasteiger partial charge in [-0.1, -0.05) is 5.21 Å². The molecular weight excluding hydrogens is 220 g/mol. The highest BCUT2D eigenvalue weighted by Crippen LogP contribution is 2.15. The molecule has 0 fully saturated rings. The van der Waals surface area contributed by atoms with E-state index in [-0.39, 0.29) is 0 Å². The van der Waals surface area contributed by atoms with E-state index in [0.717, 1.165) is 12.4 Å². The van der Waals surface area contributed by atoms with Crippen LogP contribution in [0.4, 0.5) is 0 Å². The summed E-state index contributed by atoms with van der Waals surface area (Å²) in [6.07, 6.45) is 3.24. The highest BCUT2D eigenvalue weighted by molar-refractivity contribution is 5.03. The average Bonchev–Trinajstić information content (AvgIpc) is 2.86. The quantitative estimate of drug-likeness (QED) is 0.818. The number of hydrogen-bond acceptors (Lipinski definition) is 5. The maximum Gasteiger partial charge on any atom is 0.148 e. The van der Waals surface area contributed by atoms with E-state index in [9.17, 15) is 5.11 Å². The van der Waals surface area contributed by atoms with Gasteiger partial charge in [0.1, 0.15) is 30.0 Å². The van der Waals surface area contributed by atoms with Crippen molar-refractivity contribution in [2.24, 2.45) is 0 Å². The van der Waals surface area contributed by atoms with Crippen LogP contribution >= 0.6 is 0 Å². The van der Waals surface area contributed by atoms with Crippen LogP contribution in [0.2, 0.25) is 0 Å². The molecule has 2 aromatic rings. The second-order valence-electron chi connectivity index (χ2n) is 4.35. The Kier molecular flexibility index (Phi) is 2.93. The van der Waals surface area contributed by atoms with Gasteiger partial charge < -0.3 is 5.11 Å². The molecule has 0 atom stereocenters. The van der Waals surface area contributed by atoms with Gasteiger partial charge in [0.05, 0.1) is 6.20 Å². The molecule has 92 valence electrons. The molecule has 0 spiro atoms. The molecule has 0 aromatic carbocycles. The zero-order valence-corrected chi connectivity index (χ0v) is 10.2. The molecule has 0 saturated carbocycles. The minimum absolute atomic E-state index is 0.497. The first-order chi connectivity index (χ1) is 8.00. The molecule has 7 nitrogen and oxygen atoms in total. The first-order valence-electron chi connectivity index (χ1n) is 5.50. The summed E-state index contributed by atoms with van der Waals surface area (Å²) in [5.41, 5.74) is -0.434. The molecule has 0 aliphatic carbocycles. The van der Waals surface area contributed by atoms with E-state index in [4.69, 9.17) is 0 Å². The van der Waals surface area contributed by atoms with Crippen molar-refractivity contribution in [2.45, 2.75) is 39.5 Å². The van der Waals surface area contributed by atoms with Gasteiger partial charge in [-0.25, -0.2) is 14.3 Å². The van der Waals surface area contributed by atoms with E-state index in [2.05, 4.69) is 20.4 Å². The molecule has 0 amide bonds. The number of aliphatic hydroxyl groups is 1. The lowest BCUT2D eigenvalue weighted by Crippen LogP contribution is -2.16. The second kappa shape index (κ2) is 4.25. The Morgan fingerprint density at radius 2 is 2.18 bits per heavy atom. The van der Waals surface area contributed by atoms with Crippen molar-refractivity contribution in [3.8, 4) is 0 Å². The van der Waals surface area contributed by atoms with Gasteiger partial charge in [0.25, 0.3) is 0 Å². The first-order valence-corrected chi connectivity index (χ1v) is 5.50. The van der Waals surface area contributed by atoms with Crippen LogP contribution in [0.5, 0.6) is 0 Å². The zero-order valence-electron chi connectivity index (χ0n) is 10.2. The molecule has 0 radical (unpaired) electrons. The summed E-state index contributed by atoms with van der Waals surface area (Å²) in [4.78, 5) is 4.15. The number of hydrogen-bond donors (Lipinski definition) is 1. The van der Waals surface area contributed by atoms with Crippen LogP contribution in [0.25, 0.3) is 0 Å². The van der Waals surface area contributed by atoms with Gasteiger partial charge in [-0.2, -0.15) is 5.10 Å². The number of nitrogens with zero attached hydrogens (tertiary/aromatic N) is 6. The molecule has 0 unspecified atom stereocenters. The Balaban J connectivity index is 2.17. The molecule has 2 aromatic heterocycles.